The Morgan fingerprint density at radius 3 is 2.74 bits per heavy atom. The van der Waals surface area contributed by atoms with Crippen LogP contribution in [0.15, 0.2) is 42.7 Å². The number of benzene rings is 1. The zero-order valence-electron chi connectivity index (χ0n) is 13.8. The molecule has 0 bridgehead atoms. The molecule has 0 radical (unpaired) electrons. The number of amides is 2. The smallest absolute Gasteiger partial charge is 0.315 e. The second-order valence-corrected chi connectivity index (χ2v) is 6.21. The summed E-state index contributed by atoms with van der Waals surface area (Å²) in [5.41, 5.74) is 1.58. The Labute approximate surface area is 136 Å². The Balaban J connectivity index is 1.75. The van der Waals surface area contributed by atoms with Gasteiger partial charge in [0.25, 0.3) is 0 Å². The minimum Gasteiger partial charge on any atom is -0.374 e. The van der Waals surface area contributed by atoms with Crippen LogP contribution in [0, 0.1) is 0 Å². The predicted octanol–water partition coefficient (Wildman–Crippen LogP) is 2.77. The van der Waals surface area contributed by atoms with E-state index >= 15 is 0 Å². The van der Waals surface area contributed by atoms with Gasteiger partial charge in [0, 0.05) is 11.8 Å². The highest BCUT2D eigenvalue weighted by molar-refractivity contribution is 5.75. The third kappa shape index (κ3) is 5.75. The summed E-state index contributed by atoms with van der Waals surface area (Å²) in [6, 6.07) is 9.61. The molecule has 1 aromatic carbocycles. The highest BCUT2D eigenvalue weighted by Crippen LogP contribution is 2.10. The van der Waals surface area contributed by atoms with E-state index in [-0.39, 0.29) is 12.1 Å². The van der Waals surface area contributed by atoms with Crippen LogP contribution in [-0.2, 0) is 11.3 Å². The van der Waals surface area contributed by atoms with Crippen LogP contribution in [0.4, 0.5) is 4.79 Å². The van der Waals surface area contributed by atoms with Crippen LogP contribution in [0.5, 0.6) is 0 Å². The van der Waals surface area contributed by atoms with Gasteiger partial charge < -0.3 is 15.4 Å². The molecule has 1 heterocycles. The summed E-state index contributed by atoms with van der Waals surface area (Å²) in [6.07, 6.45) is 3.46. The monoisotopic (exact) mass is 316 g/mol. The predicted molar refractivity (Wildman–Crippen MR) is 88.8 cm³/mol. The molecular formula is C17H24N4O2. The van der Waals surface area contributed by atoms with Gasteiger partial charge in [0.1, 0.15) is 0 Å². The summed E-state index contributed by atoms with van der Waals surface area (Å²) in [4.78, 5) is 12.1. The first-order valence-electron chi connectivity index (χ1n) is 7.65. The standard InChI is InChI=1S/C17H24N4O2/c1-13(15-9-18-19-10-15)20-16(22)21-17(2,3)12-23-11-14-7-5-4-6-8-14/h4-10,13H,11-12H2,1-3H3,(H,18,19)(H2,20,21,22). The second kappa shape index (κ2) is 7.78. The summed E-state index contributed by atoms with van der Waals surface area (Å²) in [5, 5.41) is 12.4. The van der Waals surface area contributed by atoms with Crippen molar-refractivity contribution in [2.24, 2.45) is 0 Å². The highest BCUT2D eigenvalue weighted by Gasteiger charge is 2.22. The number of hydrogen-bond acceptors (Lipinski definition) is 3. The molecule has 3 N–H and O–H groups in total. The fourth-order valence-electron chi connectivity index (χ4n) is 2.16. The largest absolute Gasteiger partial charge is 0.374 e. The molecule has 1 aromatic heterocycles. The third-order valence-electron chi connectivity index (χ3n) is 3.39. The lowest BCUT2D eigenvalue weighted by atomic mass is 10.1. The van der Waals surface area contributed by atoms with Gasteiger partial charge in [0.15, 0.2) is 0 Å². The number of H-pyrrole nitrogens is 1. The van der Waals surface area contributed by atoms with Crippen LogP contribution < -0.4 is 10.6 Å². The first-order valence-corrected chi connectivity index (χ1v) is 7.65. The Bertz CT molecular complexity index is 596. The van der Waals surface area contributed by atoms with Gasteiger partial charge >= 0.3 is 6.03 Å². The van der Waals surface area contributed by atoms with Gasteiger partial charge in [-0.05, 0) is 26.3 Å². The molecule has 124 valence electrons. The summed E-state index contributed by atoms with van der Waals surface area (Å²) in [7, 11) is 0. The van der Waals surface area contributed by atoms with Gasteiger partial charge in [-0.1, -0.05) is 30.3 Å². The van der Waals surface area contributed by atoms with Crippen molar-refractivity contribution >= 4 is 6.03 Å². The maximum Gasteiger partial charge on any atom is 0.315 e. The van der Waals surface area contributed by atoms with E-state index in [0.29, 0.717) is 13.2 Å². The molecule has 0 aliphatic rings. The normalized spacial score (nSPS) is 12.7. The fourth-order valence-corrected chi connectivity index (χ4v) is 2.16. The number of carbonyl (C=O) groups is 1. The molecular weight excluding hydrogens is 292 g/mol. The van der Waals surface area contributed by atoms with E-state index in [1.807, 2.05) is 51.1 Å². The Morgan fingerprint density at radius 2 is 2.09 bits per heavy atom. The van der Waals surface area contributed by atoms with E-state index in [9.17, 15) is 4.79 Å². The lowest BCUT2D eigenvalue weighted by Gasteiger charge is -2.27. The number of urea groups is 1. The minimum absolute atomic E-state index is 0.116. The quantitative estimate of drug-likeness (QED) is 0.735. The minimum atomic E-state index is -0.463. The van der Waals surface area contributed by atoms with Crippen LogP contribution in [0.25, 0.3) is 0 Å². The topological polar surface area (TPSA) is 79.0 Å². The number of carbonyl (C=O) groups excluding carboxylic acids is 1. The van der Waals surface area contributed by atoms with Gasteiger partial charge in [-0.3, -0.25) is 5.10 Å². The SMILES string of the molecule is CC(NC(=O)NC(C)(C)COCc1ccccc1)c1cn[nH]c1. The van der Waals surface area contributed by atoms with Gasteiger partial charge in [0.05, 0.1) is 31.0 Å². The summed E-state index contributed by atoms with van der Waals surface area (Å²) < 4.78 is 5.71. The molecule has 0 aliphatic carbocycles. The van der Waals surface area contributed by atoms with Gasteiger partial charge in [-0.25, -0.2) is 4.79 Å². The van der Waals surface area contributed by atoms with Crippen molar-refractivity contribution in [2.45, 2.75) is 39.0 Å². The average molecular weight is 316 g/mol. The van der Waals surface area contributed by atoms with Crippen LogP contribution in [0.2, 0.25) is 0 Å². The number of rotatable bonds is 7. The van der Waals surface area contributed by atoms with Crippen molar-refractivity contribution in [3.63, 3.8) is 0 Å². The first kappa shape index (κ1) is 17.0. The number of ether oxygens (including phenoxy) is 1. The van der Waals surface area contributed by atoms with E-state index < -0.39 is 5.54 Å². The van der Waals surface area contributed by atoms with Crippen LogP contribution in [0.1, 0.15) is 37.9 Å². The summed E-state index contributed by atoms with van der Waals surface area (Å²) >= 11 is 0. The molecule has 6 nitrogen and oxygen atoms in total. The maximum atomic E-state index is 12.1. The molecule has 2 aromatic rings. The van der Waals surface area contributed by atoms with Crippen molar-refractivity contribution in [2.75, 3.05) is 6.61 Å². The Morgan fingerprint density at radius 1 is 1.35 bits per heavy atom. The summed E-state index contributed by atoms with van der Waals surface area (Å²) in [6.45, 7) is 6.72. The first-order chi connectivity index (χ1) is 11.0. The molecule has 0 saturated heterocycles. The molecule has 2 amide bonds. The third-order valence-corrected chi connectivity index (χ3v) is 3.39. The Hall–Kier alpha value is -2.34. The molecule has 1 atom stereocenters. The lowest BCUT2D eigenvalue weighted by Crippen LogP contribution is -2.51. The molecule has 0 spiro atoms. The van der Waals surface area contributed by atoms with E-state index in [0.717, 1.165) is 11.1 Å². The fraction of sp³-hybridized carbons (Fsp3) is 0.412. The highest BCUT2D eigenvalue weighted by atomic mass is 16.5. The number of hydrogen-bond donors (Lipinski definition) is 3. The van der Waals surface area contributed by atoms with E-state index in [2.05, 4.69) is 20.8 Å². The zero-order chi connectivity index (χ0) is 16.7. The molecule has 0 fully saturated rings. The van der Waals surface area contributed by atoms with Crippen molar-refractivity contribution in [1.82, 2.24) is 20.8 Å². The second-order valence-electron chi connectivity index (χ2n) is 6.21. The molecule has 0 aliphatic heterocycles. The number of nitrogens with zero attached hydrogens (tertiary/aromatic N) is 1. The molecule has 0 saturated carbocycles. The van der Waals surface area contributed by atoms with Gasteiger partial charge in [-0.2, -0.15) is 5.10 Å². The van der Waals surface area contributed by atoms with Crippen molar-refractivity contribution in [3.05, 3.63) is 53.9 Å². The number of aromatic amines is 1. The Kier molecular flexibility index (Phi) is 5.76. The number of nitrogens with one attached hydrogen (secondary N) is 3. The average Bonchev–Trinajstić information content (AvgIpc) is 3.01. The van der Waals surface area contributed by atoms with Crippen molar-refractivity contribution in [3.8, 4) is 0 Å². The van der Waals surface area contributed by atoms with Crippen LogP contribution in [-0.4, -0.2) is 28.4 Å². The van der Waals surface area contributed by atoms with Gasteiger partial charge in [-0.15, -0.1) is 0 Å². The maximum absolute atomic E-state index is 12.1. The molecule has 23 heavy (non-hydrogen) atoms. The lowest BCUT2D eigenvalue weighted by molar-refractivity contribution is 0.0742. The summed E-state index contributed by atoms with van der Waals surface area (Å²) in [5.74, 6) is 0. The van der Waals surface area contributed by atoms with E-state index in [1.165, 1.54) is 0 Å². The van der Waals surface area contributed by atoms with Crippen LogP contribution in [0.3, 0.4) is 0 Å². The molecule has 1 unspecified atom stereocenters. The number of aromatic nitrogens is 2. The van der Waals surface area contributed by atoms with E-state index in [4.69, 9.17) is 4.74 Å². The molecule has 6 heteroatoms. The van der Waals surface area contributed by atoms with Crippen molar-refractivity contribution in [1.29, 1.82) is 0 Å². The van der Waals surface area contributed by atoms with Crippen LogP contribution >= 0.6 is 0 Å². The zero-order valence-corrected chi connectivity index (χ0v) is 13.8. The van der Waals surface area contributed by atoms with Crippen molar-refractivity contribution < 1.29 is 9.53 Å². The molecule has 2 rings (SSSR count). The van der Waals surface area contributed by atoms with Gasteiger partial charge in [0.2, 0.25) is 0 Å². The van der Waals surface area contributed by atoms with E-state index in [1.54, 1.807) is 12.4 Å².